The van der Waals surface area contributed by atoms with E-state index in [1.807, 2.05) is 50.9 Å². The van der Waals surface area contributed by atoms with Crippen molar-refractivity contribution >= 4 is 17.7 Å². The first-order valence-electron chi connectivity index (χ1n) is 14.0. The fourth-order valence-corrected chi connectivity index (χ4v) is 4.81. The van der Waals surface area contributed by atoms with Gasteiger partial charge in [-0.1, -0.05) is 38.1 Å². The Morgan fingerprint density at radius 3 is 2.25 bits per heavy atom. The molecule has 1 atom stereocenters. The molecule has 3 rings (SSSR count). The van der Waals surface area contributed by atoms with E-state index in [1.165, 1.54) is 13.4 Å². The van der Waals surface area contributed by atoms with Crippen LogP contribution in [-0.4, -0.2) is 56.8 Å². The summed E-state index contributed by atoms with van der Waals surface area (Å²) in [5, 5.41) is 13.4. The molecule has 10 heteroatoms. The van der Waals surface area contributed by atoms with Crippen molar-refractivity contribution < 1.29 is 14.6 Å². The Kier molecular flexibility index (Phi) is 10.6. The van der Waals surface area contributed by atoms with E-state index in [0.717, 1.165) is 37.1 Å². The largest absolute Gasteiger partial charge is 0.480 e. The second-order valence-corrected chi connectivity index (χ2v) is 10.0. The lowest BCUT2D eigenvalue weighted by Crippen LogP contribution is -2.33. The Balaban J connectivity index is 1.94. The molecule has 2 heterocycles. The molecule has 0 bridgehead atoms. The van der Waals surface area contributed by atoms with Crippen LogP contribution < -0.4 is 20.5 Å². The Morgan fingerprint density at radius 2 is 1.73 bits per heavy atom. The fraction of sp³-hybridized carbons (Fsp3) is 0.500. The minimum atomic E-state index is -0.976. The van der Waals surface area contributed by atoms with Crippen LogP contribution in [0.25, 0.3) is 11.1 Å². The molecular weight excluding hydrogens is 508 g/mol. The summed E-state index contributed by atoms with van der Waals surface area (Å²) in [5.74, 6) is 0.626. The summed E-state index contributed by atoms with van der Waals surface area (Å²) in [6.45, 7) is 13.6. The van der Waals surface area contributed by atoms with Crippen molar-refractivity contribution in [2.45, 2.75) is 78.8 Å². The quantitative estimate of drug-likeness (QED) is 0.281. The van der Waals surface area contributed by atoms with Gasteiger partial charge in [-0.15, -0.1) is 0 Å². The number of carbonyl (C=O) groups is 1. The van der Waals surface area contributed by atoms with Gasteiger partial charge in [0.25, 0.3) is 5.56 Å². The number of rotatable bonds is 14. The zero-order valence-electron chi connectivity index (χ0n) is 24.6. The molecule has 0 saturated heterocycles. The lowest BCUT2D eigenvalue weighted by atomic mass is 9.95. The number of methoxy groups -OCH3 is 1. The Bertz CT molecular complexity index is 1330. The molecule has 0 aliphatic carbocycles. The van der Waals surface area contributed by atoms with Crippen LogP contribution in [0.4, 0.5) is 11.8 Å². The summed E-state index contributed by atoms with van der Waals surface area (Å²) >= 11 is 0. The van der Waals surface area contributed by atoms with Crippen molar-refractivity contribution in [3.05, 3.63) is 58.3 Å². The number of ether oxygens (including phenoxy) is 1. The van der Waals surface area contributed by atoms with Gasteiger partial charge >= 0.3 is 5.97 Å². The van der Waals surface area contributed by atoms with Gasteiger partial charge in [0.1, 0.15) is 23.8 Å². The van der Waals surface area contributed by atoms with E-state index in [4.69, 9.17) is 9.72 Å². The highest BCUT2D eigenvalue weighted by Gasteiger charge is 2.24. The highest BCUT2D eigenvalue weighted by Crippen LogP contribution is 2.30. The van der Waals surface area contributed by atoms with Crippen molar-refractivity contribution in [1.82, 2.24) is 19.5 Å². The van der Waals surface area contributed by atoms with Crippen LogP contribution >= 0.6 is 0 Å². The predicted molar refractivity (Wildman–Crippen MR) is 159 cm³/mol. The van der Waals surface area contributed by atoms with Crippen molar-refractivity contribution in [2.75, 3.05) is 30.4 Å². The first-order chi connectivity index (χ1) is 19.2. The van der Waals surface area contributed by atoms with Gasteiger partial charge in [-0.05, 0) is 57.6 Å². The van der Waals surface area contributed by atoms with Crippen molar-refractivity contribution in [3.8, 4) is 17.0 Å². The number of benzene rings is 1. The number of carboxylic acid groups (broad SMARTS) is 1. The lowest BCUT2D eigenvalue weighted by molar-refractivity contribution is -0.137. The fourth-order valence-electron chi connectivity index (χ4n) is 4.81. The molecule has 2 aromatic heterocycles. The smallest absolute Gasteiger partial charge is 0.326 e. The summed E-state index contributed by atoms with van der Waals surface area (Å²) in [7, 11) is 1.48. The maximum atomic E-state index is 13.1. The van der Waals surface area contributed by atoms with E-state index in [-0.39, 0.29) is 29.8 Å². The van der Waals surface area contributed by atoms with Gasteiger partial charge in [-0.2, -0.15) is 4.98 Å². The van der Waals surface area contributed by atoms with Gasteiger partial charge in [0, 0.05) is 37.3 Å². The Labute approximate surface area is 236 Å². The monoisotopic (exact) mass is 550 g/mol. The zero-order chi connectivity index (χ0) is 29.4. The summed E-state index contributed by atoms with van der Waals surface area (Å²) in [4.78, 5) is 41.3. The number of hydrogen-bond donors (Lipinski definition) is 2. The third-order valence-corrected chi connectivity index (χ3v) is 7.28. The molecule has 3 aromatic rings. The molecule has 0 saturated carbocycles. The standard InChI is InChI=1S/C30H42N6O4/c1-8-21(9-2)23-17-31-30(35(10-3)11-4)34-26(23)33-24(29(38)39)16-20-12-14-22(15-13-20)25-27(40-7)32-18-36(19(5)6)28(25)37/h12-15,17-19,21,24H,8-11,16H2,1-7H3,(H,38,39)(H,31,33,34)/t24-/m0/s1. The first kappa shape index (κ1) is 30.6. The minimum Gasteiger partial charge on any atom is -0.480 e. The summed E-state index contributed by atoms with van der Waals surface area (Å²) < 4.78 is 6.93. The van der Waals surface area contributed by atoms with Gasteiger partial charge in [0.2, 0.25) is 11.8 Å². The van der Waals surface area contributed by atoms with Gasteiger partial charge in [-0.3, -0.25) is 9.36 Å². The van der Waals surface area contributed by atoms with Crippen LogP contribution in [0.3, 0.4) is 0 Å². The molecule has 1 aromatic carbocycles. The maximum Gasteiger partial charge on any atom is 0.326 e. The van der Waals surface area contributed by atoms with Crippen LogP contribution in [0.1, 0.15) is 77.5 Å². The SMILES string of the molecule is CCC(CC)c1cnc(N(CC)CC)nc1N[C@@H](Cc1ccc(-c2c(OC)ncn(C(C)C)c2=O)cc1)C(=O)O. The first-order valence-corrected chi connectivity index (χ1v) is 14.0. The second kappa shape index (κ2) is 13.9. The zero-order valence-corrected chi connectivity index (χ0v) is 24.6. The van der Waals surface area contributed by atoms with Gasteiger partial charge in [-0.25, -0.2) is 14.8 Å². The van der Waals surface area contributed by atoms with E-state index in [9.17, 15) is 14.7 Å². The molecule has 10 nitrogen and oxygen atoms in total. The van der Waals surface area contributed by atoms with E-state index < -0.39 is 12.0 Å². The molecule has 0 aliphatic rings. The molecule has 0 unspecified atom stereocenters. The van der Waals surface area contributed by atoms with E-state index in [0.29, 0.717) is 22.9 Å². The third-order valence-electron chi connectivity index (χ3n) is 7.28. The predicted octanol–water partition coefficient (Wildman–Crippen LogP) is 5.15. The molecule has 0 amide bonds. The molecule has 0 radical (unpaired) electrons. The van der Waals surface area contributed by atoms with Crippen LogP contribution in [0.15, 0.2) is 41.6 Å². The van der Waals surface area contributed by atoms with Gasteiger partial charge in [0.15, 0.2) is 0 Å². The number of aromatic nitrogens is 4. The number of nitrogens with zero attached hydrogens (tertiary/aromatic N) is 5. The van der Waals surface area contributed by atoms with Gasteiger partial charge in [0.05, 0.1) is 7.11 Å². The number of nitrogens with one attached hydrogen (secondary N) is 1. The second-order valence-electron chi connectivity index (χ2n) is 10.0. The molecular formula is C30H42N6O4. The average molecular weight is 551 g/mol. The van der Waals surface area contributed by atoms with E-state index in [2.05, 4.69) is 29.1 Å². The topological polar surface area (TPSA) is 122 Å². The molecule has 0 aliphatic heterocycles. The maximum absolute atomic E-state index is 13.1. The molecule has 40 heavy (non-hydrogen) atoms. The van der Waals surface area contributed by atoms with Crippen molar-refractivity contribution in [2.24, 2.45) is 0 Å². The molecule has 0 fully saturated rings. The number of aliphatic carboxylic acids is 1. The number of anilines is 2. The number of carboxylic acids is 1. The Hall–Kier alpha value is -3.95. The van der Waals surface area contributed by atoms with Crippen LogP contribution in [0, 0.1) is 0 Å². The normalized spacial score (nSPS) is 12.0. The number of hydrogen-bond acceptors (Lipinski definition) is 8. The van der Waals surface area contributed by atoms with E-state index in [1.54, 1.807) is 16.7 Å². The van der Waals surface area contributed by atoms with Gasteiger partial charge < -0.3 is 20.1 Å². The lowest BCUT2D eigenvalue weighted by Gasteiger charge is -2.24. The molecule has 0 spiro atoms. The highest BCUT2D eigenvalue weighted by atomic mass is 16.5. The third kappa shape index (κ3) is 6.78. The molecule has 2 N–H and O–H groups in total. The summed E-state index contributed by atoms with van der Waals surface area (Å²) in [6.07, 6.45) is 5.34. The summed E-state index contributed by atoms with van der Waals surface area (Å²) in [6, 6.07) is 6.31. The van der Waals surface area contributed by atoms with Crippen LogP contribution in [-0.2, 0) is 11.2 Å². The highest BCUT2D eigenvalue weighted by molar-refractivity contribution is 5.78. The van der Waals surface area contributed by atoms with Crippen molar-refractivity contribution in [1.29, 1.82) is 0 Å². The van der Waals surface area contributed by atoms with E-state index >= 15 is 0 Å². The molecule has 216 valence electrons. The minimum absolute atomic E-state index is 0.0553. The summed E-state index contributed by atoms with van der Waals surface area (Å²) in [5.41, 5.74) is 2.56. The van der Waals surface area contributed by atoms with Crippen molar-refractivity contribution in [3.63, 3.8) is 0 Å². The van der Waals surface area contributed by atoms with Crippen LogP contribution in [0.2, 0.25) is 0 Å². The Morgan fingerprint density at radius 1 is 1.07 bits per heavy atom. The van der Waals surface area contributed by atoms with Crippen LogP contribution in [0.5, 0.6) is 5.88 Å². The average Bonchev–Trinajstić information content (AvgIpc) is 2.95.